The summed E-state index contributed by atoms with van der Waals surface area (Å²) in [6.45, 7) is 6.78. The van der Waals surface area contributed by atoms with Gasteiger partial charge in [0.2, 0.25) is 15.9 Å². The van der Waals surface area contributed by atoms with Gasteiger partial charge in [0.1, 0.15) is 11.5 Å². The van der Waals surface area contributed by atoms with Gasteiger partial charge in [-0.15, -0.1) is 0 Å². The number of nitrogens with one attached hydrogen (secondary N) is 1. The summed E-state index contributed by atoms with van der Waals surface area (Å²) in [7, 11) is -2.07. The van der Waals surface area contributed by atoms with E-state index in [-0.39, 0.29) is 28.8 Å². The van der Waals surface area contributed by atoms with Crippen molar-refractivity contribution in [1.82, 2.24) is 4.90 Å². The number of hydrogen-bond donors (Lipinski definition) is 1. The van der Waals surface area contributed by atoms with Crippen molar-refractivity contribution in [3.63, 3.8) is 0 Å². The third kappa shape index (κ3) is 4.88. The highest BCUT2D eigenvalue weighted by atomic mass is 32.2. The van der Waals surface area contributed by atoms with Gasteiger partial charge in [0.15, 0.2) is 0 Å². The van der Waals surface area contributed by atoms with Gasteiger partial charge < -0.3 is 14.5 Å². The normalized spacial score (nSPS) is 24.5. The topological polar surface area (TPSA) is 96.0 Å². The number of ketones is 1. The number of carbonyl (C=O) groups is 2. The number of anilines is 2. The van der Waals surface area contributed by atoms with Crippen molar-refractivity contribution in [2.45, 2.75) is 39.5 Å². The van der Waals surface area contributed by atoms with Gasteiger partial charge in [-0.1, -0.05) is 26.0 Å². The van der Waals surface area contributed by atoms with Crippen LogP contribution in [0, 0.1) is 16.7 Å². The van der Waals surface area contributed by atoms with E-state index in [1.165, 1.54) is 0 Å². The van der Waals surface area contributed by atoms with Crippen LogP contribution in [-0.2, 0) is 26.0 Å². The summed E-state index contributed by atoms with van der Waals surface area (Å²) in [5.74, 6) is 1.10. The third-order valence-corrected chi connectivity index (χ3v) is 10.6. The van der Waals surface area contributed by atoms with Crippen LogP contribution in [0.15, 0.2) is 48.5 Å². The number of benzene rings is 2. The fraction of sp³-hybridized carbons (Fsp3) is 0.517. The van der Waals surface area contributed by atoms with Crippen LogP contribution >= 0.6 is 0 Å². The number of nitrogens with zero attached hydrogens (tertiary/aromatic N) is 2. The second-order valence-corrected chi connectivity index (χ2v) is 13.2. The van der Waals surface area contributed by atoms with E-state index in [4.69, 9.17) is 4.74 Å². The zero-order chi connectivity index (χ0) is 27.1. The van der Waals surface area contributed by atoms with E-state index in [9.17, 15) is 18.0 Å². The molecule has 9 heteroatoms. The molecule has 1 saturated heterocycles. The van der Waals surface area contributed by atoms with Crippen LogP contribution in [0.3, 0.4) is 0 Å². The zero-order valence-corrected chi connectivity index (χ0v) is 23.2. The molecule has 2 unspecified atom stereocenters. The number of methoxy groups -OCH3 is 1. The molecular formula is C29H37N3O5S. The highest BCUT2D eigenvalue weighted by Gasteiger charge is 2.65. The molecule has 8 nitrogen and oxygen atoms in total. The quantitative estimate of drug-likeness (QED) is 0.549. The minimum Gasteiger partial charge on any atom is -0.497 e. The Morgan fingerprint density at radius 1 is 1.03 bits per heavy atom. The van der Waals surface area contributed by atoms with Crippen molar-refractivity contribution in [2.24, 2.45) is 16.7 Å². The smallest absolute Gasteiger partial charge is 0.233 e. The van der Waals surface area contributed by atoms with Crippen molar-refractivity contribution in [3.05, 3.63) is 54.1 Å². The number of Topliss-reactive ketones (excluding diaryl/α,β-unsaturated/α-hetero) is 1. The minimum atomic E-state index is -3.69. The molecular weight excluding hydrogens is 502 g/mol. The molecule has 1 amide bonds. The van der Waals surface area contributed by atoms with E-state index in [2.05, 4.69) is 9.62 Å². The predicted molar refractivity (Wildman–Crippen MR) is 148 cm³/mol. The van der Waals surface area contributed by atoms with Crippen LogP contribution < -0.4 is 14.4 Å². The van der Waals surface area contributed by atoms with Gasteiger partial charge in [-0.3, -0.25) is 14.3 Å². The molecule has 2 aliphatic carbocycles. The van der Waals surface area contributed by atoms with Crippen molar-refractivity contribution in [3.8, 4) is 5.75 Å². The van der Waals surface area contributed by atoms with Crippen molar-refractivity contribution in [1.29, 1.82) is 0 Å². The van der Waals surface area contributed by atoms with E-state index in [1.807, 2.05) is 55.1 Å². The summed E-state index contributed by atoms with van der Waals surface area (Å²) < 4.78 is 34.1. The van der Waals surface area contributed by atoms with Crippen LogP contribution in [0.2, 0.25) is 0 Å². The summed E-state index contributed by atoms with van der Waals surface area (Å²) in [6, 6.07) is 14.9. The van der Waals surface area contributed by atoms with Crippen molar-refractivity contribution >= 4 is 33.1 Å². The first-order chi connectivity index (χ1) is 18.0. The summed E-state index contributed by atoms with van der Waals surface area (Å²) in [5.41, 5.74) is 1.37. The number of ether oxygens (including phenoxy) is 1. The lowest BCUT2D eigenvalue weighted by Gasteiger charge is -2.36. The van der Waals surface area contributed by atoms with E-state index in [1.54, 1.807) is 19.2 Å². The van der Waals surface area contributed by atoms with Crippen LogP contribution in [0.4, 0.5) is 11.4 Å². The molecule has 2 atom stereocenters. The van der Waals surface area contributed by atoms with E-state index in [0.29, 0.717) is 51.1 Å². The van der Waals surface area contributed by atoms with E-state index < -0.39 is 15.4 Å². The van der Waals surface area contributed by atoms with E-state index in [0.717, 1.165) is 23.4 Å². The molecule has 38 heavy (non-hydrogen) atoms. The Bertz CT molecular complexity index is 1300. The minimum absolute atomic E-state index is 0.0982. The number of sulfonamides is 1. The number of hydrogen-bond acceptors (Lipinski definition) is 6. The maximum absolute atomic E-state index is 13.1. The first-order valence-electron chi connectivity index (χ1n) is 13.3. The van der Waals surface area contributed by atoms with Crippen LogP contribution in [0.5, 0.6) is 5.75 Å². The van der Waals surface area contributed by atoms with Crippen LogP contribution in [0.1, 0.15) is 38.7 Å². The molecule has 0 radical (unpaired) electrons. The molecule has 2 saturated carbocycles. The van der Waals surface area contributed by atoms with Gasteiger partial charge >= 0.3 is 0 Å². The fourth-order valence-electron chi connectivity index (χ4n) is 6.63. The number of piperazine rings is 1. The number of fused-ring (bicyclic) bond motifs is 2. The Hall–Kier alpha value is -3.07. The van der Waals surface area contributed by atoms with Crippen molar-refractivity contribution < 1.29 is 22.7 Å². The van der Waals surface area contributed by atoms with Crippen LogP contribution in [-0.4, -0.2) is 64.0 Å². The van der Waals surface area contributed by atoms with Gasteiger partial charge in [0, 0.05) is 44.0 Å². The molecule has 0 aromatic heterocycles. The second-order valence-electron chi connectivity index (χ2n) is 11.5. The maximum Gasteiger partial charge on any atom is 0.233 e. The summed E-state index contributed by atoms with van der Waals surface area (Å²) in [4.78, 5) is 29.6. The molecule has 0 spiro atoms. The second kappa shape index (κ2) is 9.91. The highest BCUT2D eigenvalue weighted by molar-refractivity contribution is 7.92. The SMILES string of the molecule is COc1ccc(CC(=O)N2CCN(c3ccc(NS(=O)(=O)CC45CCC(CC4=O)C5(C)C)cc3)CC2)cc1. The largest absolute Gasteiger partial charge is 0.497 e. The summed E-state index contributed by atoms with van der Waals surface area (Å²) >= 11 is 0. The van der Waals surface area contributed by atoms with Gasteiger partial charge in [-0.2, -0.15) is 0 Å². The van der Waals surface area contributed by atoms with Gasteiger partial charge in [-0.25, -0.2) is 8.42 Å². The lowest BCUT2D eigenvalue weighted by molar-refractivity contribution is -0.130. The number of amides is 1. The van der Waals surface area contributed by atoms with Crippen LogP contribution in [0.25, 0.3) is 0 Å². The van der Waals surface area contributed by atoms with E-state index >= 15 is 0 Å². The third-order valence-electron chi connectivity index (χ3n) is 9.23. The van der Waals surface area contributed by atoms with Gasteiger partial charge in [-0.05, 0) is 66.1 Å². The Kier molecular flexibility index (Phi) is 6.92. The Morgan fingerprint density at radius 2 is 1.68 bits per heavy atom. The molecule has 2 bridgehead atoms. The van der Waals surface area contributed by atoms with Crippen molar-refractivity contribution in [2.75, 3.05) is 48.7 Å². The fourth-order valence-corrected chi connectivity index (χ4v) is 8.53. The summed E-state index contributed by atoms with van der Waals surface area (Å²) in [6.07, 6.45) is 2.43. The molecule has 1 N–H and O–H groups in total. The lowest BCUT2D eigenvalue weighted by Crippen LogP contribution is -2.49. The molecule has 2 aromatic rings. The summed E-state index contributed by atoms with van der Waals surface area (Å²) in [5, 5.41) is 0. The molecule has 5 rings (SSSR count). The Balaban J connectivity index is 1.15. The average molecular weight is 540 g/mol. The van der Waals surface area contributed by atoms with Gasteiger partial charge in [0.05, 0.1) is 24.7 Å². The maximum atomic E-state index is 13.1. The predicted octanol–water partition coefficient (Wildman–Crippen LogP) is 3.72. The molecule has 1 aliphatic heterocycles. The average Bonchev–Trinajstić information content (AvgIpc) is 3.23. The first-order valence-corrected chi connectivity index (χ1v) is 15.0. The standard InChI is InChI=1S/C29H37N3O5S/c1-28(2)22-12-13-29(28,26(33)19-22)20-38(35,36)30-23-6-8-24(9-7-23)31-14-16-32(17-15-31)27(34)18-21-4-10-25(37-3)11-5-21/h4-11,22,30H,12-20H2,1-3H3. The first kappa shape index (κ1) is 26.5. The Morgan fingerprint density at radius 3 is 2.24 bits per heavy atom. The number of carbonyl (C=O) groups excluding carboxylic acids is 2. The molecule has 3 aliphatic rings. The lowest BCUT2D eigenvalue weighted by atomic mass is 9.70. The molecule has 1 heterocycles. The monoisotopic (exact) mass is 539 g/mol. The Labute approximate surface area is 225 Å². The number of rotatable bonds is 8. The molecule has 2 aromatic carbocycles. The highest BCUT2D eigenvalue weighted by Crippen LogP contribution is 2.64. The zero-order valence-electron chi connectivity index (χ0n) is 22.4. The van der Waals surface area contributed by atoms with Gasteiger partial charge in [0.25, 0.3) is 0 Å². The molecule has 3 fully saturated rings. The molecule has 204 valence electrons.